The second kappa shape index (κ2) is 6.12. The summed E-state index contributed by atoms with van der Waals surface area (Å²) in [5.41, 5.74) is 1.29. The molecule has 96 valence electrons. The summed E-state index contributed by atoms with van der Waals surface area (Å²) >= 11 is 1.73. The molecular formula is C15H17FOS. The molecule has 0 fully saturated rings. The summed E-state index contributed by atoms with van der Waals surface area (Å²) < 4.78 is 13.4. The van der Waals surface area contributed by atoms with Crippen LogP contribution in [0.4, 0.5) is 4.39 Å². The van der Waals surface area contributed by atoms with Gasteiger partial charge in [0.25, 0.3) is 0 Å². The molecule has 0 radical (unpaired) electrons. The zero-order valence-electron chi connectivity index (χ0n) is 10.4. The molecule has 0 aliphatic carbocycles. The molecule has 3 heteroatoms. The van der Waals surface area contributed by atoms with Crippen LogP contribution in [0.2, 0.25) is 0 Å². The van der Waals surface area contributed by atoms with E-state index in [4.69, 9.17) is 0 Å². The Morgan fingerprint density at radius 3 is 2.83 bits per heavy atom. The first-order valence-corrected chi connectivity index (χ1v) is 7.01. The van der Waals surface area contributed by atoms with E-state index in [0.29, 0.717) is 17.5 Å². The molecule has 0 saturated heterocycles. The van der Waals surface area contributed by atoms with Gasteiger partial charge in [-0.2, -0.15) is 0 Å². The molecule has 0 amide bonds. The third-order valence-corrected chi connectivity index (χ3v) is 4.00. The molecule has 1 atom stereocenters. The van der Waals surface area contributed by atoms with Gasteiger partial charge in [-0.25, -0.2) is 4.39 Å². The highest BCUT2D eigenvalue weighted by molar-refractivity contribution is 7.09. The van der Waals surface area contributed by atoms with Crippen LogP contribution in [0.25, 0.3) is 0 Å². The van der Waals surface area contributed by atoms with Crippen molar-refractivity contribution in [3.63, 3.8) is 0 Å². The standard InChI is InChI=1S/C15H17FOS/c1-11-7-8-12(10-14(11)16)15(17)6-2-4-13-5-3-9-18-13/h3,5,7-10,15,17H,2,4,6H2,1H3. The molecule has 0 saturated carbocycles. The molecule has 1 unspecified atom stereocenters. The fraction of sp³-hybridized carbons (Fsp3) is 0.333. The predicted molar refractivity (Wildman–Crippen MR) is 73.4 cm³/mol. The van der Waals surface area contributed by atoms with Crippen molar-refractivity contribution >= 4 is 11.3 Å². The van der Waals surface area contributed by atoms with E-state index in [9.17, 15) is 9.50 Å². The highest BCUT2D eigenvalue weighted by Gasteiger charge is 2.09. The largest absolute Gasteiger partial charge is 0.388 e. The van der Waals surface area contributed by atoms with Crippen molar-refractivity contribution < 1.29 is 9.50 Å². The zero-order valence-corrected chi connectivity index (χ0v) is 11.2. The highest BCUT2D eigenvalue weighted by Crippen LogP contribution is 2.22. The fourth-order valence-corrected chi connectivity index (χ4v) is 2.66. The minimum Gasteiger partial charge on any atom is -0.388 e. The maximum atomic E-state index is 13.4. The van der Waals surface area contributed by atoms with Gasteiger partial charge in [0.15, 0.2) is 0 Å². The molecule has 0 aliphatic rings. The van der Waals surface area contributed by atoms with E-state index in [1.54, 1.807) is 30.4 Å². The molecule has 0 spiro atoms. The molecule has 0 aliphatic heterocycles. The van der Waals surface area contributed by atoms with Gasteiger partial charge in [0.1, 0.15) is 5.82 Å². The Balaban J connectivity index is 1.87. The summed E-state index contributed by atoms with van der Waals surface area (Å²) in [5.74, 6) is -0.246. The summed E-state index contributed by atoms with van der Waals surface area (Å²) in [4.78, 5) is 1.33. The second-order valence-corrected chi connectivity index (χ2v) is 5.53. The normalized spacial score (nSPS) is 12.6. The van der Waals surface area contributed by atoms with Crippen LogP contribution < -0.4 is 0 Å². The van der Waals surface area contributed by atoms with E-state index >= 15 is 0 Å². The van der Waals surface area contributed by atoms with Gasteiger partial charge in [0.05, 0.1) is 6.10 Å². The van der Waals surface area contributed by atoms with Crippen LogP contribution in [0.1, 0.15) is 34.9 Å². The molecule has 18 heavy (non-hydrogen) atoms. The second-order valence-electron chi connectivity index (χ2n) is 4.50. The van der Waals surface area contributed by atoms with Crippen molar-refractivity contribution in [2.75, 3.05) is 0 Å². The number of thiophene rings is 1. The van der Waals surface area contributed by atoms with Gasteiger partial charge in [0, 0.05) is 4.88 Å². The lowest BCUT2D eigenvalue weighted by Gasteiger charge is -2.11. The van der Waals surface area contributed by atoms with Crippen LogP contribution >= 0.6 is 11.3 Å². The van der Waals surface area contributed by atoms with E-state index < -0.39 is 6.10 Å². The van der Waals surface area contributed by atoms with Crippen molar-refractivity contribution in [2.45, 2.75) is 32.3 Å². The van der Waals surface area contributed by atoms with Crippen molar-refractivity contribution in [2.24, 2.45) is 0 Å². The van der Waals surface area contributed by atoms with Gasteiger partial charge in [-0.3, -0.25) is 0 Å². The summed E-state index contributed by atoms with van der Waals surface area (Å²) in [5, 5.41) is 12.1. The first-order valence-electron chi connectivity index (χ1n) is 6.13. The minimum atomic E-state index is -0.569. The number of halogens is 1. The lowest BCUT2D eigenvalue weighted by atomic mass is 10.0. The van der Waals surface area contributed by atoms with Crippen LogP contribution in [-0.4, -0.2) is 5.11 Å². The molecule has 0 bridgehead atoms. The van der Waals surface area contributed by atoms with E-state index in [1.807, 2.05) is 6.07 Å². The van der Waals surface area contributed by atoms with Crippen LogP contribution in [0.3, 0.4) is 0 Å². The molecule has 1 nitrogen and oxygen atoms in total. The van der Waals surface area contributed by atoms with Gasteiger partial charge >= 0.3 is 0 Å². The Kier molecular flexibility index (Phi) is 4.50. The number of hydrogen-bond donors (Lipinski definition) is 1. The number of aryl methyl sites for hydroxylation is 2. The topological polar surface area (TPSA) is 20.2 Å². The maximum Gasteiger partial charge on any atom is 0.126 e. The smallest absolute Gasteiger partial charge is 0.126 e. The third-order valence-electron chi connectivity index (χ3n) is 3.06. The van der Waals surface area contributed by atoms with Gasteiger partial charge < -0.3 is 5.11 Å². The van der Waals surface area contributed by atoms with Crippen molar-refractivity contribution in [3.05, 3.63) is 57.5 Å². The molecule has 1 aromatic heterocycles. The fourth-order valence-electron chi connectivity index (χ4n) is 1.91. The predicted octanol–water partition coefficient (Wildman–Crippen LogP) is 4.25. The van der Waals surface area contributed by atoms with Crippen molar-refractivity contribution in [3.8, 4) is 0 Å². The van der Waals surface area contributed by atoms with Crippen LogP contribution in [0.5, 0.6) is 0 Å². The van der Waals surface area contributed by atoms with Gasteiger partial charge in [0.2, 0.25) is 0 Å². The molecule has 2 aromatic rings. The molecule has 1 aromatic carbocycles. The molecule has 2 rings (SSSR count). The summed E-state index contributed by atoms with van der Waals surface area (Å²) in [6.07, 6.45) is 1.99. The van der Waals surface area contributed by atoms with Gasteiger partial charge in [-0.1, -0.05) is 18.2 Å². The first kappa shape index (κ1) is 13.2. The van der Waals surface area contributed by atoms with Crippen LogP contribution in [-0.2, 0) is 6.42 Å². The van der Waals surface area contributed by atoms with Crippen molar-refractivity contribution in [1.29, 1.82) is 0 Å². The van der Waals surface area contributed by atoms with Gasteiger partial charge in [-0.05, 0) is 54.8 Å². The highest BCUT2D eigenvalue weighted by atomic mass is 32.1. The molecule has 1 heterocycles. The summed E-state index contributed by atoms with van der Waals surface area (Å²) in [6.45, 7) is 1.72. The average Bonchev–Trinajstić information content (AvgIpc) is 2.85. The Labute approximate surface area is 111 Å². The number of rotatable bonds is 5. The Morgan fingerprint density at radius 1 is 1.33 bits per heavy atom. The minimum absolute atomic E-state index is 0.246. The molecule has 1 N–H and O–H groups in total. The van der Waals surface area contributed by atoms with E-state index in [1.165, 1.54) is 10.9 Å². The first-order chi connectivity index (χ1) is 8.66. The molecular weight excluding hydrogens is 247 g/mol. The quantitative estimate of drug-likeness (QED) is 0.856. The number of aliphatic hydroxyl groups is 1. The van der Waals surface area contributed by atoms with E-state index in [2.05, 4.69) is 11.4 Å². The Morgan fingerprint density at radius 2 is 2.17 bits per heavy atom. The Bertz CT molecular complexity index is 493. The van der Waals surface area contributed by atoms with Crippen molar-refractivity contribution in [1.82, 2.24) is 0 Å². The van der Waals surface area contributed by atoms with E-state index in [0.717, 1.165) is 12.8 Å². The maximum absolute atomic E-state index is 13.4. The number of benzene rings is 1. The lowest BCUT2D eigenvalue weighted by molar-refractivity contribution is 0.164. The lowest BCUT2D eigenvalue weighted by Crippen LogP contribution is -1.99. The van der Waals surface area contributed by atoms with E-state index in [-0.39, 0.29) is 5.82 Å². The monoisotopic (exact) mass is 264 g/mol. The number of hydrogen-bond acceptors (Lipinski definition) is 2. The number of aliphatic hydroxyl groups excluding tert-OH is 1. The average molecular weight is 264 g/mol. The summed E-state index contributed by atoms with van der Waals surface area (Å²) in [6, 6.07) is 9.08. The Hall–Kier alpha value is -1.19. The SMILES string of the molecule is Cc1ccc(C(O)CCCc2cccs2)cc1F. The summed E-state index contributed by atoms with van der Waals surface area (Å²) in [7, 11) is 0. The van der Waals surface area contributed by atoms with Crippen LogP contribution in [0, 0.1) is 12.7 Å². The third kappa shape index (κ3) is 3.40. The van der Waals surface area contributed by atoms with Gasteiger partial charge in [-0.15, -0.1) is 11.3 Å². The van der Waals surface area contributed by atoms with Crippen LogP contribution in [0.15, 0.2) is 35.7 Å². The zero-order chi connectivity index (χ0) is 13.0.